The Bertz CT molecular complexity index is 1330. The number of anilines is 2. The van der Waals surface area contributed by atoms with E-state index in [4.69, 9.17) is 32.5 Å². The lowest BCUT2D eigenvalue weighted by atomic mass is 9.70. The molecule has 194 valence electrons. The third-order valence-corrected chi connectivity index (χ3v) is 9.17. The second-order valence-electron chi connectivity index (χ2n) is 10.8. The summed E-state index contributed by atoms with van der Waals surface area (Å²) in [7, 11) is 1.89. The first kappa shape index (κ1) is 23.7. The second kappa shape index (κ2) is 8.85. The number of aromatic nitrogens is 2. The van der Waals surface area contributed by atoms with Crippen LogP contribution in [0.3, 0.4) is 0 Å². The van der Waals surface area contributed by atoms with Gasteiger partial charge in [-0.2, -0.15) is 0 Å². The van der Waals surface area contributed by atoms with Gasteiger partial charge in [0, 0.05) is 35.9 Å². The van der Waals surface area contributed by atoms with Crippen LogP contribution in [-0.2, 0) is 16.9 Å². The van der Waals surface area contributed by atoms with E-state index in [0.717, 1.165) is 66.9 Å². The molecule has 0 saturated heterocycles. The van der Waals surface area contributed by atoms with Crippen molar-refractivity contribution in [3.8, 4) is 11.3 Å². The highest BCUT2D eigenvalue weighted by Gasteiger charge is 2.55. The predicted molar refractivity (Wildman–Crippen MR) is 141 cm³/mol. The number of rotatable bonds is 6. The van der Waals surface area contributed by atoms with Crippen molar-refractivity contribution in [3.63, 3.8) is 0 Å². The molecule has 37 heavy (non-hydrogen) atoms. The van der Waals surface area contributed by atoms with E-state index in [0.29, 0.717) is 33.8 Å². The van der Waals surface area contributed by atoms with E-state index in [-0.39, 0.29) is 17.9 Å². The molecule has 8 nitrogen and oxygen atoms in total. The first-order chi connectivity index (χ1) is 17.9. The van der Waals surface area contributed by atoms with Crippen LogP contribution in [0.25, 0.3) is 11.3 Å². The molecule has 3 aromatic rings. The van der Waals surface area contributed by atoms with Crippen molar-refractivity contribution in [3.05, 3.63) is 57.4 Å². The van der Waals surface area contributed by atoms with Crippen molar-refractivity contribution >= 4 is 34.7 Å². The fourth-order valence-corrected chi connectivity index (χ4v) is 7.16. The zero-order valence-corrected chi connectivity index (χ0v) is 22.0. The molecule has 10 heteroatoms. The van der Waals surface area contributed by atoms with E-state index in [1.54, 1.807) is 5.12 Å². The van der Waals surface area contributed by atoms with Gasteiger partial charge >= 0.3 is 0 Å². The van der Waals surface area contributed by atoms with Gasteiger partial charge in [0.2, 0.25) is 0 Å². The molecule has 0 amide bonds. The number of aliphatic hydroxyl groups is 1. The zero-order valence-electron chi connectivity index (χ0n) is 20.5. The summed E-state index contributed by atoms with van der Waals surface area (Å²) in [5, 5.41) is 19.2. The number of nitrogens with one attached hydrogen (secondary N) is 2. The second-order valence-corrected chi connectivity index (χ2v) is 11.7. The molecule has 3 N–H and O–H groups in total. The standard InChI is InChI=1S/C27H29Cl2N5O3/c1-34-31-22-11-17(12-30-26(22)32-34)27(35)15-7-8-16(27)10-18(9-15)36-13-19-24(33-37-25(19)14-5-6-14)23-20(28)3-2-4-21(23)29/h2-4,11-12,14-16,18,31,35H,5-10,13H2,1H3,(H,30,32)/t15-,16+,18-,27+. The summed E-state index contributed by atoms with van der Waals surface area (Å²) in [6.07, 6.45) is 7.58. The Morgan fingerprint density at radius 1 is 1.14 bits per heavy atom. The van der Waals surface area contributed by atoms with Crippen molar-refractivity contribution in [2.75, 3.05) is 17.9 Å². The molecule has 3 aliphatic carbocycles. The maximum atomic E-state index is 12.0. The number of ether oxygens (including phenoxy) is 1. The van der Waals surface area contributed by atoms with Crippen LogP contribution in [0.2, 0.25) is 10.0 Å². The number of pyridine rings is 1. The molecule has 0 radical (unpaired) electrons. The van der Waals surface area contributed by atoms with Crippen molar-refractivity contribution < 1.29 is 14.4 Å². The van der Waals surface area contributed by atoms with Crippen LogP contribution in [0.15, 0.2) is 35.0 Å². The lowest BCUT2D eigenvalue weighted by Gasteiger charge is -2.43. The third-order valence-electron chi connectivity index (χ3n) is 8.54. The molecule has 3 fully saturated rings. The van der Waals surface area contributed by atoms with E-state index in [1.807, 2.05) is 37.5 Å². The molecule has 4 atom stereocenters. The molecule has 1 aliphatic heterocycles. The Labute approximate surface area is 225 Å². The number of hydrogen-bond acceptors (Lipinski definition) is 8. The minimum absolute atomic E-state index is 0.0441. The Morgan fingerprint density at radius 2 is 1.86 bits per heavy atom. The van der Waals surface area contributed by atoms with Crippen molar-refractivity contribution in [1.29, 1.82) is 0 Å². The lowest BCUT2D eigenvalue weighted by Crippen LogP contribution is -2.44. The average Bonchev–Trinajstić information content (AvgIpc) is 3.50. The summed E-state index contributed by atoms with van der Waals surface area (Å²) in [6, 6.07) is 7.49. The van der Waals surface area contributed by atoms with Gasteiger partial charge in [-0.05, 0) is 68.6 Å². The van der Waals surface area contributed by atoms with E-state index < -0.39 is 5.60 Å². The molecular formula is C27H29Cl2N5O3. The highest BCUT2D eigenvalue weighted by molar-refractivity contribution is 6.39. The summed E-state index contributed by atoms with van der Waals surface area (Å²) < 4.78 is 12.3. The maximum Gasteiger partial charge on any atom is 0.166 e. The predicted octanol–water partition coefficient (Wildman–Crippen LogP) is 6.11. The van der Waals surface area contributed by atoms with Crippen molar-refractivity contribution in [2.24, 2.45) is 11.8 Å². The van der Waals surface area contributed by atoms with Gasteiger partial charge in [-0.1, -0.05) is 34.4 Å². The Morgan fingerprint density at radius 3 is 2.57 bits per heavy atom. The monoisotopic (exact) mass is 541 g/mol. The molecule has 3 saturated carbocycles. The topological polar surface area (TPSA) is 95.7 Å². The average molecular weight is 542 g/mol. The van der Waals surface area contributed by atoms with Crippen LogP contribution in [-0.4, -0.2) is 33.5 Å². The van der Waals surface area contributed by atoms with Gasteiger partial charge in [0.25, 0.3) is 0 Å². The van der Waals surface area contributed by atoms with E-state index in [1.165, 1.54) is 0 Å². The zero-order chi connectivity index (χ0) is 25.3. The van der Waals surface area contributed by atoms with Gasteiger partial charge in [0.15, 0.2) is 5.82 Å². The van der Waals surface area contributed by atoms with Gasteiger partial charge in [0.1, 0.15) is 11.5 Å². The van der Waals surface area contributed by atoms with Gasteiger partial charge in [0.05, 0.1) is 34.0 Å². The van der Waals surface area contributed by atoms with E-state index in [9.17, 15) is 5.11 Å². The summed E-state index contributed by atoms with van der Waals surface area (Å²) in [4.78, 5) is 4.56. The van der Waals surface area contributed by atoms with Crippen LogP contribution >= 0.6 is 23.2 Å². The number of fused-ring (bicyclic) bond motifs is 3. The maximum absolute atomic E-state index is 12.0. The largest absolute Gasteiger partial charge is 0.385 e. The molecule has 3 heterocycles. The Hall–Kier alpha value is -2.36. The quantitative estimate of drug-likeness (QED) is 0.343. The molecule has 2 aromatic heterocycles. The first-order valence-corrected chi connectivity index (χ1v) is 13.7. The van der Waals surface area contributed by atoms with Gasteiger partial charge in [-0.25, -0.2) is 4.98 Å². The lowest BCUT2D eigenvalue weighted by molar-refractivity contribution is -0.116. The third kappa shape index (κ3) is 3.92. The first-order valence-electron chi connectivity index (χ1n) is 13.0. The van der Waals surface area contributed by atoms with Crippen LogP contribution < -0.4 is 10.9 Å². The number of nitrogens with zero attached hydrogens (tertiary/aromatic N) is 3. The minimum Gasteiger partial charge on any atom is -0.385 e. The normalized spacial score (nSPS) is 28.7. The molecule has 1 aromatic carbocycles. The summed E-state index contributed by atoms with van der Waals surface area (Å²) in [5.74, 6) is 2.27. The van der Waals surface area contributed by atoms with Gasteiger partial charge in [-0.3, -0.25) is 10.9 Å². The van der Waals surface area contributed by atoms with Gasteiger partial charge < -0.3 is 14.4 Å². The number of halogens is 2. The van der Waals surface area contributed by atoms with E-state index >= 15 is 0 Å². The minimum atomic E-state index is -0.892. The molecule has 7 rings (SSSR count). The Kier molecular flexibility index (Phi) is 5.68. The van der Waals surface area contributed by atoms with Gasteiger partial charge in [-0.15, -0.1) is 5.12 Å². The van der Waals surface area contributed by atoms with Crippen molar-refractivity contribution in [1.82, 2.24) is 15.3 Å². The van der Waals surface area contributed by atoms with Crippen LogP contribution in [0.4, 0.5) is 11.5 Å². The molecule has 0 spiro atoms. The fourth-order valence-electron chi connectivity index (χ4n) is 6.58. The number of hydrazine groups is 2. The molecule has 2 bridgehead atoms. The highest BCUT2D eigenvalue weighted by Crippen LogP contribution is 2.56. The van der Waals surface area contributed by atoms with Crippen LogP contribution in [0.1, 0.15) is 61.3 Å². The van der Waals surface area contributed by atoms with Crippen LogP contribution in [0.5, 0.6) is 0 Å². The van der Waals surface area contributed by atoms with Crippen LogP contribution in [0, 0.1) is 11.8 Å². The number of benzene rings is 1. The summed E-state index contributed by atoms with van der Waals surface area (Å²) in [5.41, 5.74) is 9.54. The smallest absolute Gasteiger partial charge is 0.166 e. The number of hydrogen-bond donors (Lipinski definition) is 3. The SMILES string of the molecule is CN1Nc2cc([C@]3(O)[C@@H]4CC[C@H]3C[C@H](OCc3c(-c5c(Cl)cccc5Cl)noc3C3CC3)C4)cnc2N1. The molecule has 4 aliphatic rings. The molecular weight excluding hydrogens is 513 g/mol. The summed E-state index contributed by atoms with van der Waals surface area (Å²) in [6.45, 7) is 0.386. The Balaban J connectivity index is 1.12. The summed E-state index contributed by atoms with van der Waals surface area (Å²) >= 11 is 13.0. The molecule has 0 unspecified atom stereocenters. The highest BCUT2D eigenvalue weighted by atomic mass is 35.5. The fraction of sp³-hybridized carbons (Fsp3) is 0.481. The van der Waals surface area contributed by atoms with E-state index in [2.05, 4.69) is 21.0 Å². The van der Waals surface area contributed by atoms with Crippen molar-refractivity contribution in [2.45, 2.75) is 62.8 Å².